The Bertz CT molecular complexity index is 576. The van der Waals surface area contributed by atoms with Gasteiger partial charge in [0, 0.05) is 5.56 Å². The lowest BCUT2D eigenvalue weighted by atomic mass is 9.85. The highest BCUT2D eigenvalue weighted by atomic mass is 79.9. The molecule has 0 amide bonds. The van der Waals surface area contributed by atoms with E-state index in [0.29, 0.717) is 37.6 Å². The first-order valence-electron chi connectivity index (χ1n) is 6.83. The molecule has 0 spiro atoms. The molecule has 4 nitrogen and oxygen atoms in total. The summed E-state index contributed by atoms with van der Waals surface area (Å²) < 4.78 is 12.2. The second-order valence-electron chi connectivity index (χ2n) is 5.72. The minimum absolute atomic E-state index is 0.186. The van der Waals surface area contributed by atoms with Crippen LogP contribution in [0.25, 0.3) is 0 Å². The molecule has 1 saturated carbocycles. The summed E-state index contributed by atoms with van der Waals surface area (Å²) in [6.07, 6.45) is 1.38. The molecular formula is C15H17BrO4. The van der Waals surface area contributed by atoms with E-state index < -0.39 is 11.4 Å². The Hall–Kier alpha value is -1.23. The van der Waals surface area contributed by atoms with Gasteiger partial charge in [-0.05, 0) is 46.3 Å². The zero-order valence-corrected chi connectivity index (χ0v) is 13.1. The summed E-state index contributed by atoms with van der Waals surface area (Å²) in [6, 6.07) is 1.91. The fourth-order valence-electron chi connectivity index (χ4n) is 2.88. The van der Waals surface area contributed by atoms with Gasteiger partial charge in [0.15, 0.2) is 11.5 Å². The zero-order valence-electron chi connectivity index (χ0n) is 11.5. The molecule has 1 fully saturated rings. The summed E-state index contributed by atoms with van der Waals surface area (Å²) in [6.45, 7) is 5.14. The van der Waals surface area contributed by atoms with Gasteiger partial charge in [-0.3, -0.25) is 4.79 Å². The number of aliphatic carboxylic acids is 1. The van der Waals surface area contributed by atoms with Crippen LogP contribution in [-0.4, -0.2) is 24.3 Å². The maximum absolute atomic E-state index is 11.7. The standard InChI is InChI=1S/C15H17BrO4/c1-8(2)11-9(15(3-4-15)14(17)18)7-10(16)12-13(11)20-6-5-19-12/h7-8H,3-6H2,1-2H3,(H,17,18). The number of ether oxygens (including phenoxy) is 2. The number of carboxylic acids is 1. The molecule has 3 rings (SSSR count). The molecule has 0 radical (unpaired) electrons. The lowest BCUT2D eigenvalue weighted by molar-refractivity contribution is -0.140. The van der Waals surface area contributed by atoms with Crippen molar-refractivity contribution in [3.63, 3.8) is 0 Å². The average Bonchev–Trinajstić information content (AvgIpc) is 3.19. The Morgan fingerprint density at radius 2 is 1.90 bits per heavy atom. The number of carboxylic acid groups (broad SMARTS) is 1. The molecule has 108 valence electrons. The molecule has 1 aliphatic heterocycles. The molecule has 0 saturated heterocycles. The number of carbonyl (C=O) groups is 1. The minimum Gasteiger partial charge on any atom is -0.486 e. The van der Waals surface area contributed by atoms with Gasteiger partial charge >= 0.3 is 5.97 Å². The van der Waals surface area contributed by atoms with Crippen LogP contribution in [0.3, 0.4) is 0 Å². The third-order valence-corrected chi connectivity index (χ3v) is 4.65. The van der Waals surface area contributed by atoms with E-state index in [1.165, 1.54) is 0 Å². The smallest absolute Gasteiger partial charge is 0.314 e. The molecule has 2 aliphatic rings. The van der Waals surface area contributed by atoms with E-state index in [-0.39, 0.29) is 5.92 Å². The molecular weight excluding hydrogens is 324 g/mol. The van der Waals surface area contributed by atoms with Crippen molar-refractivity contribution in [3.05, 3.63) is 21.7 Å². The van der Waals surface area contributed by atoms with Gasteiger partial charge in [0.05, 0.1) is 9.89 Å². The van der Waals surface area contributed by atoms with Crippen LogP contribution in [0.2, 0.25) is 0 Å². The summed E-state index contributed by atoms with van der Waals surface area (Å²) >= 11 is 3.49. The summed E-state index contributed by atoms with van der Waals surface area (Å²) in [5.41, 5.74) is 1.11. The van der Waals surface area contributed by atoms with Crippen molar-refractivity contribution in [3.8, 4) is 11.5 Å². The maximum atomic E-state index is 11.7. The molecule has 0 bridgehead atoms. The number of fused-ring (bicyclic) bond motifs is 1. The molecule has 1 N–H and O–H groups in total. The Balaban J connectivity index is 2.25. The first-order valence-corrected chi connectivity index (χ1v) is 7.62. The van der Waals surface area contributed by atoms with E-state index in [4.69, 9.17) is 9.47 Å². The summed E-state index contributed by atoms with van der Waals surface area (Å²) in [5, 5.41) is 9.57. The maximum Gasteiger partial charge on any atom is 0.314 e. The highest BCUT2D eigenvalue weighted by Gasteiger charge is 2.54. The highest BCUT2D eigenvalue weighted by Crippen LogP contribution is 2.55. The van der Waals surface area contributed by atoms with Crippen LogP contribution < -0.4 is 9.47 Å². The van der Waals surface area contributed by atoms with Crippen LogP contribution in [0.5, 0.6) is 11.5 Å². The van der Waals surface area contributed by atoms with Crippen LogP contribution in [0.1, 0.15) is 43.7 Å². The van der Waals surface area contributed by atoms with Gasteiger partial charge in [-0.1, -0.05) is 13.8 Å². The lowest BCUT2D eigenvalue weighted by Crippen LogP contribution is -2.24. The first-order chi connectivity index (χ1) is 9.47. The van der Waals surface area contributed by atoms with E-state index in [9.17, 15) is 9.90 Å². The van der Waals surface area contributed by atoms with Crippen molar-refractivity contribution in [1.29, 1.82) is 0 Å². The van der Waals surface area contributed by atoms with Gasteiger partial charge in [0.25, 0.3) is 0 Å². The van der Waals surface area contributed by atoms with Crippen molar-refractivity contribution < 1.29 is 19.4 Å². The predicted molar refractivity (Wildman–Crippen MR) is 77.8 cm³/mol. The second-order valence-corrected chi connectivity index (χ2v) is 6.57. The van der Waals surface area contributed by atoms with Gasteiger partial charge in [-0.15, -0.1) is 0 Å². The number of hydrogen-bond donors (Lipinski definition) is 1. The number of hydrogen-bond acceptors (Lipinski definition) is 3. The lowest BCUT2D eigenvalue weighted by Gasteiger charge is -2.28. The van der Waals surface area contributed by atoms with Gasteiger partial charge in [0.1, 0.15) is 13.2 Å². The molecule has 1 aromatic carbocycles. The molecule has 0 aromatic heterocycles. The van der Waals surface area contributed by atoms with E-state index in [2.05, 4.69) is 29.8 Å². The second kappa shape index (κ2) is 4.65. The van der Waals surface area contributed by atoms with Crippen molar-refractivity contribution in [2.24, 2.45) is 0 Å². The Morgan fingerprint density at radius 3 is 2.40 bits per heavy atom. The molecule has 0 unspecified atom stereocenters. The minimum atomic E-state index is -0.747. The largest absolute Gasteiger partial charge is 0.486 e. The predicted octanol–water partition coefficient (Wildman–Crippen LogP) is 3.46. The fraction of sp³-hybridized carbons (Fsp3) is 0.533. The fourth-order valence-corrected chi connectivity index (χ4v) is 3.40. The van der Waals surface area contributed by atoms with Crippen LogP contribution in [-0.2, 0) is 10.2 Å². The highest BCUT2D eigenvalue weighted by molar-refractivity contribution is 9.10. The monoisotopic (exact) mass is 340 g/mol. The van der Waals surface area contributed by atoms with Crippen molar-refractivity contribution in [1.82, 2.24) is 0 Å². The third-order valence-electron chi connectivity index (χ3n) is 4.06. The molecule has 5 heteroatoms. The average molecular weight is 341 g/mol. The summed E-state index contributed by atoms with van der Waals surface area (Å²) in [7, 11) is 0. The van der Waals surface area contributed by atoms with Crippen LogP contribution in [0, 0.1) is 0 Å². The van der Waals surface area contributed by atoms with E-state index in [1.54, 1.807) is 0 Å². The number of rotatable bonds is 3. The zero-order chi connectivity index (χ0) is 14.5. The molecule has 0 atom stereocenters. The Kier molecular flexibility index (Phi) is 3.20. The quantitative estimate of drug-likeness (QED) is 0.915. The molecule has 20 heavy (non-hydrogen) atoms. The normalized spacial score (nSPS) is 19.0. The van der Waals surface area contributed by atoms with Gasteiger partial charge in [0.2, 0.25) is 0 Å². The topological polar surface area (TPSA) is 55.8 Å². The van der Waals surface area contributed by atoms with Crippen molar-refractivity contribution >= 4 is 21.9 Å². The van der Waals surface area contributed by atoms with E-state index >= 15 is 0 Å². The van der Waals surface area contributed by atoms with Crippen LogP contribution >= 0.6 is 15.9 Å². The van der Waals surface area contributed by atoms with E-state index in [0.717, 1.165) is 15.6 Å². The van der Waals surface area contributed by atoms with Crippen molar-refractivity contribution in [2.45, 2.75) is 38.0 Å². The van der Waals surface area contributed by atoms with Gasteiger partial charge in [-0.25, -0.2) is 0 Å². The van der Waals surface area contributed by atoms with Crippen LogP contribution in [0.15, 0.2) is 10.5 Å². The molecule has 1 aliphatic carbocycles. The third kappa shape index (κ3) is 1.91. The van der Waals surface area contributed by atoms with Crippen LogP contribution in [0.4, 0.5) is 0 Å². The number of benzene rings is 1. The number of halogens is 1. The van der Waals surface area contributed by atoms with Gasteiger partial charge in [-0.2, -0.15) is 0 Å². The summed E-state index contributed by atoms with van der Waals surface area (Å²) in [5.74, 6) is 0.849. The Morgan fingerprint density at radius 1 is 1.30 bits per heavy atom. The molecule has 1 aromatic rings. The Labute approximate surface area is 126 Å². The van der Waals surface area contributed by atoms with Crippen molar-refractivity contribution in [2.75, 3.05) is 13.2 Å². The van der Waals surface area contributed by atoms with E-state index in [1.807, 2.05) is 6.07 Å². The SMILES string of the molecule is CC(C)c1c(C2(C(=O)O)CC2)cc(Br)c2c1OCCO2. The molecule has 1 heterocycles. The summed E-state index contributed by atoms with van der Waals surface area (Å²) in [4.78, 5) is 11.7. The van der Waals surface area contributed by atoms with Gasteiger partial charge < -0.3 is 14.6 Å². The first kappa shape index (κ1) is 13.7.